The van der Waals surface area contributed by atoms with Crippen molar-refractivity contribution in [3.8, 4) is 0 Å². The molecule has 0 radical (unpaired) electrons. The predicted molar refractivity (Wildman–Crippen MR) is 59.9 cm³/mol. The number of amides is 1. The molecule has 4 heteroatoms. The summed E-state index contributed by atoms with van der Waals surface area (Å²) in [6, 6.07) is 0. The minimum absolute atomic E-state index is 0.0111. The molecule has 2 aliphatic heterocycles. The molecule has 0 aromatic heterocycles. The Morgan fingerprint density at radius 3 is 2.25 bits per heavy atom. The standard InChI is InChI=1S/C12H21NO3/c1-7-8(2)16-9(3)10(7)11(14)13-5-12(4,15)6-13/h7-10,15H,5-6H2,1-4H3. The highest BCUT2D eigenvalue weighted by molar-refractivity contribution is 5.81. The minimum Gasteiger partial charge on any atom is -0.386 e. The lowest BCUT2D eigenvalue weighted by molar-refractivity contribution is -0.158. The van der Waals surface area contributed by atoms with Crippen LogP contribution in [-0.4, -0.2) is 46.8 Å². The SMILES string of the molecule is CC1OC(C)C(C(=O)N2CC(C)(O)C2)C1C. The van der Waals surface area contributed by atoms with Crippen LogP contribution in [0.3, 0.4) is 0 Å². The minimum atomic E-state index is -0.687. The summed E-state index contributed by atoms with van der Waals surface area (Å²) in [4.78, 5) is 14.0. The summed E-state index contributed by atoms with van der Waals surface area (Å²) in [5, 5.41) is 9.63. The van der Waals surface area contributed by atoms with E-state index in [0.717, 1.165) is 0 Å². The maximum atomic E-state index is 12.2. The third-order valence-electron chi connectivity index (χ3n) is 3.90. The van der Waals surface area contributed by atoms with E-state index >= 15 is 0 Å². The summed E-state index contributed by atoms with van der Waals surface area (Å²) >= 11 is 0. The van der Waals surface area contributed by atoms with Crippen LogP contribution in [0.1, 0.15) is 27.7 Å². The molecule has 2 heterocycles. The summed E-state index contributed by atoms with van der Waals surface area (Å²) in [6.45, 7) is 8.71. The third-order valence-corrected chi connectivity index (χ3v) is 3.90. The summed E-state index contributed by atoms with van der Waals surface area (Å²) < 4.78 is 5.67. The van der Waals surface area contributed by atoms with E-state index in [1.165, 1.54) is 0 Å². The third kappa shape index (κ3) is 1.84. The van der Waals surface area contributed by atoms with Gasteiger partial charge in [0, 0.05) is 0 Å². The van der Waals surface area contributed by atoms with E-state index in [1.54, 1.807) is 11.8 Å². The highest BCUT2D eigenvalue weighted by Gasteiger charge is 2.48. The molecule has 0 aliphatic carbocycles. The Hall–Kier alpha value is -0.610. The van der Waals surface area contributed by atoms with Crippen LogP contribution in [0.25, 0.3) is 0 Å². The summed E-state index contributed by atoms with van der Waals surface area (Å²) in [5.41, 5.74) is -0.687. The van der Waals surface area contributed by atoms with Gasteiger partial charge in [-0.15, -0.1) is 0 Å². The number of carbonyl (C=O) groups excluding carboxylic acids is 1. The molecule has 2 rings (SSSR count). The molecule has 4 nitrogen and oxygen atoms in total. The van der Waals surface area contributed by atoms with Crippen LogP contribution in [-0.2, 0) is 9.53 Å². The van der Waals surface area contributed by atoms with Gasteiger partial charge < -0.3 is 14.7 Å². The quantitative estimate of drug-likeness (QED) is 0.715. The normalized spacial score (nSPS) is 41.9. The fourth-order valence-corrected chi connectivity index (χ4v) is 2.83. The zero-order valence-electron chi connectivity index (χ0n) is 10.4. The molecule has 92 valence electrons. The predicted octanol–water partition coefficient (Wildman–Crippen LogP) is 0.639. The van der Waals surface area contributed by atoms with Crippen molar-refractivity contribution < 1.29 is 14.6 Å². The van der Waals surface area contributed by atoms with Crippen molar-refractivity contribution in [1.29, 1.82) is 0 Å². The molecule has 2 fully saturated rings. The van der Waals surface area contributed by atoms with Crippen LogP contribution in [0.15, 0.2) is 0 Å². The first kappa shape index (κ1) is 11.9. The largest absolute Gasteiger partial charge is 0.386 e. The second-order valence-corrected chi connectivity index (χ2v) is 5.62. The van der Waals surface area contributed by atoms with Crippen LogP contribution in [0.2, 0.25) is 0 Å². The van der Waals surface area contributed by atoms with E-state index in [2.05, 4.69) is 6.92 Å². The van der Waals surface area contributed by atoms with E-state index in [-0.39, 0.29) is 30.0 Å². The zero-order chi connectivity index (χ0) is 12.1. The van der Waals surface area contributed by atoms with Gasteiger partial charge >= 0.3 is 0 Å². The first-order chi connectivity index (χ1) is 7.32. The lowest BCUT2D eigenvalue weighted by Gasteiger charge is -2.45. The number of ether oxygens (including phenoxy) is 1. The number of hydrogen-bond acceptors (Lipinski definition) is 3. The fraction of sp³-hybridized carbons (Fsp3) is 0.917. The van der Waals surface area contributed by atoms with E-state index < -0.39 is 5.60 Å². The van der Waals surface area contributed by atoms with Gasteiger partial charge in [-0.1, -0.05) is 6.92 Å². The molecule has 1 N–H and O–H groups in total. The van der Waals surface area contributed by atoms with E-state index in [1.807, 2.05) is 13.8 Å². The molecular weight excluding hydrogens is 206 g/mol. The van der Waals surface area contributed by atoms with Crippen LogP contribution in [0.4, 0.5) is 0 Å². The second-order valence-electron chi connectivity index (χ2n) is 5.62. The van der Waals surface area contributed by atoms with Gasteiger partial charge in [0.05, 0.1) is 36.8 Å². The monoisotopic (exact) mass is 227 g/mol. The Morgan fingerprint density at radius 2 is 1.88 bits per heavy atom. The summed E-state index contributed by atoms with van der Waals surface area (Å²) in [7, 11) is 0. The summed E-state index contributed by atoms with van der Waals surface area (Å²) in [5.74, 6) is 0.343. The molecule has 0 aromatic carbocycles. The van der Waals surface area contributed by atoms with E-state index in [4.69, 9.17) is 4.74 Å². The van der Waals surface area contributed by atoms with Crippen LogP contribution >= 0.6 is 0 Å². The van der Waals surface area contributed by atoms with Crippen molar-refractivity contribution in [3.05, 3.63) is 0 Å². The maximum Gasteiger partial charge on any atom is 0.228 e. The summed E-state index contributed by atoms with van der Waals surface area (Å²) in [6.07, 6.45) is 0.133. The molecule has 2 aliphatic rings. The highest BCUT2D eigenvalue weighted by Crippen LogP contribution is 2.35. The zero-order valence-corrected chi connectivity index (χ0v) is 10.4. The van der Waals surface area contributed by atoms with Crippen molar-refractivity contribution in [2.75, 3.05) is 13.1 Å². The molecule has 4 atom stereocenters. The van der Waals surface area contributed by atoms with Gasteiger partial charge in [0.1, 0.15) is 0 Å². The molecule has 16 heavy (non-hydrogen) atoms. The second kappa shape index (κ2) is 3.70. The average Bonchev–Trinajstić information content (AvgIpc) is 2.36. The number of likely N-dealkylation sites (tertiary alicyclic amines) is 1. The maximum absolute atomic E-state index is 12.2. The lowest BCUT2D eigenvalue weighted by Crippen LogP contribution is -2.63. The first-order valence-corrected chi connectivity index (χ1v) is 5.98. The Kier molecular flexibility index (Phi) is 2.75. The number of hydrogen-bond donors (Lipinski definition) is 1. The Labute approximate surface area is 96.6 Å². The molecule has 4 unspecified atom stereocenters. The Bertz CT molecular complexity index is 295. The van der Waals surface area contributed by atoms with Gasteiger partial charge in [0.2, 0.25) is 5.91 Å². The van der Waals surface area contributed by atoms with Crippen molar-refractivity contribution in [2.45, 2.75) is 45.5 Å². The fourth-order valence-electron chi connectivity index (χ4n) is 2.83. The van der Waals surface area contributed by atoms with E-state index in [9.17, 15) is 9.90 Å². The first-order valence-electron chi connectivity index (χ1n) is 5.98. The number of carbonyl (C=O) groups is 1. The van der Waals surface area contributed by atoms with Gasteiger partial charge in [0.15, 0.2) is 0 Å². The van der Waals surface area contributed by atoms with Crippen molar-refractivity contribution >= 4 is 5.91 Å². The Balaban J connectivity index is 2.00. The van der Waals surface area contributed by atoms with Crippen LogP contribution < -0.4 is 0 Å². The molecule has 2 saturated heterocycles. The van der Waals surface area contributed by atoms with Crippen LogP contribution in [0, 0.1) is 11.8 Å². The smallest absolute Gasteiger partial charge is 0.228 e. The Morgan fingerprint density at radius 1 is 1.31 bits per heavy atom. The number of nitrogens with zero attached hydrogens (tertiary/aromatic N) is 1. The van der Waals surface area contributed by atoms with Crippen molar-refractivity contribution in [2.24, 2.45) is 11.8 Å². The topological polar surface area (TPSA) is 49.8 Å². The molecule has 1 amide bonds. The van der Waals surface area contributed by atoms with Crippen molar-refractivity contribution in [1.82, 2.24) is 4.90 Å². The molecule has 0 spiro atoms. The lowest BCUT2D eigenvalue weighted by atomic mass is 9.86. The molecule has 0 bridgehead atoms. The van der Waals surface area contributed by atoms with Crippen molar-refractivity contribution in [3.63, 3.8) is 0 Å². The van der Waals surface area contributed by atoms with Gasteiger partial charge in [-0.3, -0.25) is 4.79 Å². The molecule has 0 saturated carbocycles. The van der Waals surface area contributed by atoms with Gasteiger partial charge in [0.25, 0.3) is 0 Å². The van der Waals surface area contributed by atoms with Crippen LogP contribution in [0.5, 0.6) is 0 Å². The van der Waals surface area contributed by atoms with Gasteiger partial charge in [-0.05, 0) is 26.7 Å². The van der Waals surface area contributed by atoms with E-state index in [0.29, 0.717) is 13.1 Å². The molecule has 0 aromatic rings. The number of β-amino-alcohol motifs (C(OH)–C–C–N with tert-alkyl or cyclic N) is 1. The van der Waals surface area contributed by atoms with Gasteiger partial charge in [-0.2, -0.15) is 0 Å². The number of rotatable bonds is 1. The molecular formula is C12H21NO3. The highest BCUT2D eigenvalue weighted by atomic mass is 16.5. The van der Waals surface area contributed by atoms with Gasteiger partial charge in [-0.25, -0.2) is 0 Å². The number of aliphatic hydroxyl groups is 1. The average molecular weight is 227 g/mol.